The Bertz CT molecular complexity index is 228. The van der Waals surface area contributed by atoms with Crippen molar-refractivity contribution in [3.63, 3.8) is 0 Å². The molecular weight excluding hydrogens is 138 g/mol. The van der Waals surface area contributed by atoms with Gasteiger partial charge < -0.3 is 4.42 Å². The van der Waals surface area contributed by atoms with E-state index in [1.54, 1.807) is 0 Å². The van der Waals surface area contributed by atoms with Gasteiger partial charge in [0.25, 0.3) is 0 Å². The van der Waals surface area contributed by atoms with Crippen molar-refractivity contribution < 1.29 is 14.0 Å². The Balaban J connectivity index is 2.68. The van der Waals surface area contributed by atoms with E-state index in [1.807, 2.05) is 5.34 Å². The quantitative estimate of drug-likeness (QED) is 0.457. The van der Waals surface area contributed by atoms with Crippen LogP contribution in [0.5, 0.6) is 0 Å². The predicted octanol–water partition coefficient (Wildman–Crippen LogP) is 1.12. The van der Waals surface area contributed by atoms with Gasteiger partial charge in [0.05, 0.1) is 6.26 Å². The molecule has 1 aromatic heterocycles. The Morgan fingerprint density at radius 1 is 1.70 bits per heavy atom. The summed E-state index contributed by atoms with van der Waals surface area (Å²) < 4.78 is 4.57. The van der Waals surface area contributed by atoms with Crippen LogP contribution in [0.4, 0.5) is 0 Å². The van der Waals surface area contributed by atoms with Crippen molar-refractivity contribution >= 4 is 5.97 Å². The SMILES string of the molecule is O=NOC(=O)c1ccco1. The monoisotopic (exact) mass is 141 g/mol. The molecule has 0 amide bonds. The normalized spacial score (nSPS) is 8.80. The standard InChI is InChI=1S/C5H3NO4/c7-5(10-6-8)4-2-1-3-9-4/h1-3H. The first-order valence-corrected chi connectivity index (χ1v) is 2.42. The molecule has 0 radical (unpaired) electrons. The van der Waals surface area contributed by atoms with Gasteiger partial charge in [0.2, 0.25) is 5.76 Å². The zero-order chi connectivity index (χ0) is 7.40. The maximum Gasteiger partial charge on any atom is 0.404 e. The van der Waals surface area contributed by atoms with Gasteiger partial charge in [-0.25, -0.2) is 4.79 Å². The summed E-state index contributed by atoms with van der Waals surface area (Å²) in [6.07, 6.45) is 1.29. The number of furan rings is 1. The molecule has 5 nitrogen and oxygen atoms in total. The summed E-state index contributed by atoms with van der Waals surface area (Å²) in [5.74, 6) is -0.931. The summed E-state index contributed by atoms with van der Waals surface area (Å²) in [5.41, 5.74) is 0. The molecule has 0 aromatic carbocycles. The maximum atomic E-state index is 10.5. The van der Waals surface area contributed by atoms with E-state index in [2.05, 4.69) is 9.25 Å². The third-order valence-corrected chi connectivity index (χ3v) is 0.843. The molecule has 0 bridgehead atoms. The highest BCUT2D eigenvalue weighted by Crippen LogP contribution is 2.01. The van der Waals surface area contributed by atoms with E-state index in [4.69, 9.17) is 0 Å². The summed E-state index contributed by atoms with van der Waals surface area (Å²) in [6, 6.07) is 2.87. The van der Waals surface area contributed by atoms with Gasteiger partial charge in [0.1, 0.15) is 0 Å². The molecule has 52 valence electrons. The van der Waals surface area contributed by atoms with Crippen LogP contribution in [0, 0.1) is 4.91 Å². The van der Waals surface area contributed by atoms with Crippen LogP contribution in [0.3, 0.4) is 0 Å². The van der Waals surface area contributed by atoms with Crippen LogP contribution in [0.2, 0.25) is 0 Å². The largest absolute Gasteiger partial charge is 0.457 e. The molecule has 0 atom stereocenters. The minimum absolute atomic E-state index is 0.0420. The number of carbonyl (C=O) groups is 1. The van der Waals surface area contributed by atoms with Gasteiger partial charge in [-0.05, 0) is 12.1 Å². The highest BCUT2D eigenvalue weighted by atomic mass is 16.7. The number of carbonyl (C=O) groups excluding carboxylic acids is 1. The molecule has 1 rings (SSSR count). The molecule has 0 aliphatic heterocycles. The van der Waals surface area contributed by atoms with Crippen LogP contribution < -0.4 is 0 Å². The van der Waals surface area contributed by atoms with Crippen molar-refractivity contribution in [2.75, 3.05) is 0 Å². The average molecular weight is 141 g/mol. The third kappa shape index (κ3) is 1.19. The van der Waals surface area contributed by atoms with Gasteiger partial charge >= 0.3 is 5.97 Å². The smallest absolute Gasteiger partial charge is 0.404 e. The molecule has 0 saturated heterocycles. The molecule has 0 fully saturated rings. The van der Waals surface area contributed by atoms with E-state index in [9.17, 15) is 9.70 Å². The van der Waals surface area contributed by atoms with Crippen LogP contribution in [-0.4, -0.2) is 5.97 Å². The first-order valence-electron chi connectivity index (χ1n) is 2.42. The van der Waals surface area contributed by atoms with Crippen LogP contribution in [0.15, 0.2) is 28.2 Å². The summed E-state index contributed by atoms with van der Waals surface area (Å²) in [4.78, 5) is 23.6. The predicted molar refractivity (Wildman–Crippen MR) is 29.9 cm³/mol. The average Bonchev–Trinajstić information content (AvgIpc) is 2.38. The number of hydrogen-bond donors (Lipinski definition) is 0. The lowest BCUT2D eigenvalue weighted by atomic mass is 10.5. The molecule has 0 N–H and O–H groups in total. The van der Waals surface area contributed by atoms with Gasteiger partial charge in [-0.15, -0.1) is 4.91 Å². The van der Waals surface area contributed by atoms with Gasteiger partial charge in [-0.2, -0.15) is 0 Å². The first kappa shape index (κ1) is 6.47. The van der Waals surface area contributed by atoms with Crippen molar-refractivity contribution in [1.82, 2.24) is 0 Å². The number of hydrogen-bond acceptors (Lipinski definition) is 5. The zero-order valence-electron chi connectivity index (χ0n) is 4.81. The Morgan fingerprint density at radius 2 is 2.50 bits per heavy atom. The number of rotatable bonds is 2. The lowest BCUT2D eigenvalue weighted by Gasteiger charge is -1.85. The molecule has 0 aliphatic rings. The molecule has 1 heterocycles. The van der Waals surface area contributed by atoms with Crippen molar-refractivity contribution in [3.8, 4) is 0 Å². The Hall–Kier alpha value is -1.65. The Kier molecular flexibility index (Phi) is 1.79. The summed E-state index contributed by atoms with van der Waals surface area (Å²) in [7, 11) is 0. The maximum absolute atomic E-state index is 10.5. The fourth-order valence-corrected chi connectivity index (χ4v) is 0.474. The molecule has 0 aliphatic carbocycles. The Labute approximate surface area is 55.5 Å². The molecule has 0 spiro atoms. The van der Waals surface area contributed by atoms with Crippen LogP contribution in [0.25, 0.3) is 0 Å². The van der Waals surface area contributed by atoms with E-state index in [1.165, 1.54) is 18.4 Å². The fraction of sp³-hybridized carbons (Fsp3) is 0. The second kappa shape index (κ2) is 2.77. The lowest BCUT2D eigenvalue weighted by molar-refractivity contribution is 0.0472. The minimum atomic E-state index is -0.889. The van der Waals surface area contributed by atoms with Gasteiger partial charge in [-0.3, -0.25) is 4.84 Å². The summed E-state index contributed by atoms with van der Waals surface area (Å²) in [6.45, 7) is 0. The van der Waals surface area contributed by atoms with Crippen molar-refractivity contribution in [1.29, 1.82) is 0 Å². The van der Waals surface area contributed by atoms with Crippen LogP contribution in [0.1, 0.15) is 10.6 Å². The van der Waals surface area contributed by atoms with E-state index < -0.39 is 5.97 Å². The van der Waals surface area contributed by atoms with E-state index >= 15 is 0 Å². The molecule has 0 unspecified atom stereocenters. The second-order valence-corrected chi connectivity index (χ2v) is 1.43. The van der Waals surface area contributed by atoms with E-state index in [-0.39, 0.29) is 5.76 Å². The van der Waals surface area contributed by atoms with Gasteiger partial charge in [0, 0.05) is 0 Å². The minimum Gasteiger partial charge on any atom is -0.457 e. The first-order chi connectivity index (χ1) is 4.84. The summed E-state index contributed by atoms with van der Waals surface area (Å²) in [5, 5.41) is 1.93. The molecule has 5 heteroatoms. The molecule has 1 aromatic rings. The van der Waals surface area contributed by atoms with E-state index in [0.29, 0.717) is 0 Å². The molecule has 10 heavy (non-hydrogen) atoms. The van der Waals surface area contributed by atoms with Gasteiger partial charge in [-0.1, -0.05) is 0 Å². The van der Waals surface area contributed by atoms with Crippen LogP contribution >= 0.6 is 0 Å². The lowest BCUT2D eigenvalue weighted by Crippen LogP contribution is -1.96. The topological polar surface area (TPSA) is 68.9 Å². The van der Waals surface area contributed by atoms with Crippen LogP contribution in [-0.2, 0) is 4.84 Å². The third-order valence-electron chi connectivity index (χ3n) is 0.843. The van der Waals surface area contributed by atoms with Crippen molar-refractivity contribution in [2.24, 2.45) is 5.34 Å². The van der Waals surface area contributed by atoms with Crippen molar-refractivity contribution in [2.45, 2.75) is 0 Å². The van der Waals surface area contributed by atoms with Crippen molar-refractivity contribution in [3.05, 3.63) is 29.1 Å². The number of nitrogens with zero attached hydrogens (tertiary/aromatic N) is 1. The molecular formula is C5H3NO4. The fourth-order valence-electron chi connectivity index (χ4n) is 0.474. The second-order valence-electron chi connectivity index (χ2n) is 1.43. The molecule has 0 saturated carbocycles. The van der Waals surface area contributed by atoms with Gasteiger partial charge in [0.15, 0.2) is 5.34 Å². The highest BCUT2D eigenvalue weighted by molar-refractivity contribution is 5.85. The highest BCUT2D eigenvalue weighted by Gasteiger charge is 2.09. The zero-order valence-corrected chi connectivity index (χ0v) is 4.81. The van der Waals surface area contributed by atoms with E-state index in [0.717, 1.165) is 0 Å². The summed E-state index contributed by atoms with van der Waals surface area (Å²) >= 11 is 0. The Morgan fingerprint density at radius 3 is 3.00 bits per heavy atom.